The number of anilines is 3. The van der Waals surface area contributed by atoms with Crippen molar-refractivity contribution in [1.29, 1.82) is 5.26 Å². The van der Waals surface area contributed by atoms with Gasteiger partial charge in [0.15, 0.2) is 5.82 Å². The second-order valence-corrected chi connectivity index (χ2v) is 6.27. The van der Waals surface area contributed by atoms with Crippen molar-refractivity contribution in [3.8, 4) is 6.07 Å². The number of thiophene rings is 1. The van der Waals surface area contributed by atoms with Gasteiger partial charge < -0.3 is 11.1 Å². The Kier molecular flexibility index (Phi) is 4.50. The van der Waals surface area contributed by atoms with E-state index in [-0.39, 0.29) is 11.8 Å². The molecule has 0 fully saturated rings. The maximum absolute atomic E-state index is 9.44. The number of nitrogens with one attached hydrogen (secondary N) is 1. The van der Waals surface area contributed by atoms with Crippen molar-refractivity contribution in [1.82, 2.24) is 15.0 Å². The van der Waals surface area contributed by atoms with Crippen LogP contribution in [-0.2, 0) is 0 Å². The minimum absolute atomic E-state index is 0.0574. The summed E-state index contributed by atoms with van der Waals surface area (Å²) in [5, 5.41) is 12.5. The second kappa shape index (κ2) is 6.89. The molecule has 0 aliphatic rings. The molecule has 0 saturated heterocycles. The highest BCUT2D eigenvalue weighted by atomic mass is 32.1. The van der Waals surface area contributed by atoms with Crippen LogP contribution >= 0.6 is 11.3 Å². The van der Waals surface area contributed by atoms with Crippen LogP contribution in [0.2, 0.25) is 0 Å². The fourth-order valence-electron chi connectivity index (χ4n) is 2.04. The van der Waals surface area contributed by atoms with Gasteiger partial charge in [0.1, 0.15) is 6.07 Å². The molecule has 3 rings (SSSR count). The minimum atomic E-state index is 0.0574. The van der Waals surface area contributed by atoms with Crippen LogP contribution in [0.15, 0.2) is 42.5 Å². The molecule has 0 unspecified atom stereocenters. The Hall–Kier alpha value is -3.24. The average molecular weight is 334 g/mol. The lowest BCUT2D eigenvalue weighted by Gasteiger charge is -2.06. The summed E-state index contributed by atoms with van der Waals surface area (Å²) in [5.74, 6) is 0.601. The van der Waals surface area contributed by atoms with E-state index in [0.29, 0.717) is 11.5 Å². The number of hydrogen-bond acceptors (Lipinski definition) is 7. The normalized spacial score (nSPS) is 11.1. The first-order valence-corrected chi connectivity index (χ1v) is 7.98. The molecule has 0 saturated carbocycles. The average Bonchev–Trinajstić information content (AvgIpc) is 2.98. The summed E-state index contributed by atoms with van der Waals surface area (Å²) < 4.78 is 0. The molecule has 2 aromatic heterocycles. The number of nitrogens with zero attached hydrogens (tertiary/aromatic N) is 4. The van der Waals surface area contributed by atoms with E-state index in [2.05, 4.69) is 26.3 Å². The van der Waals surface area contributed by atoms with Gasteiger partial charge in [-0.1, -0.05) is 18.2 Å². The molecule has 3 aromatic rings. The van der Waals surface area contributed by atoms with Gasteiger partial charge in [-0.2, -0.15) is 20.2 Å². The fourth-order valence-corrected chi connectivity index (χ4v) is 2.86. The van der Waals surface area contributed by atoms with E-state index in [4.69, 9.17) is 5.73 Å². The number of nitrogens with two attached hydrogens (primary N) is 1. The molecule has 0 radical (unpaired) electrons. The van der Waals surface area contributed by atoms with Gasteiger partial charge in [-0.05, 0) is 37.3 Å². The number of para-hydroxylation sites is 1. The van der Waals surface area contributed by atoms with Gasteiger partial charge in [0, 0.05) is 15.4 Å². The summed E-state index contributed by atoms with van der Waals surface area (Å²) in [5.41, 5.74) is 6.93. The van der Waals surface area contributed by atoms with Gasteiger partial charge >= 0.3 is 0 Å². The standard InChI is InChI=1S/C17H14N6S/c1-11-7-8-14(24-11)9-12(10-18)15-21-16(19)23-17(22-15)20-13-5-3-2-4-6-13/h2-9H,1H3,(H3,19,20,21,22,23). The summed E-state index contributed by atoms with van der Waals surface area (Å²) in [6.45, 7) is 2.01. The van der Waals surface area contributed by atoms with Crippen LogP contribution in [0.1, 0.15) is 15.6 Å². The highest BCUT2D eigenvalue weighted by molar-refractivity contribution is 7.12. The van der Waals surface area contributed by atoms with Crippen molar-refractivity contribution in [2.24, 2.45) is 0 Å². The highest BCUT2D eigenvalue weighted by Crippen LogP contribution is 2.22. The maximum Gasteiger partial charge on any atom is 0.232 e. The zero-order valence-electron chi connectivity index (χ0n) is 12.9. The van der Waals surface area contributed by atoms with Crippen LogP contribution in [0.5, 0.6) is 0 Å². The van der Waals surface area contributed by atoms with E-state index < -0.39 is 0 Å². The molecule has 7 heteroatoms. The lowest BCUT2D eigenvalue weighted by Crippen LogP contribution is -2.06. The third-order valence-electron chi connectivity index (χ3n) is 3.09. The first-order chi connectivity index (χ1) is 11.6. The van der Waals surface area contributed by atoms with Crippen molar-refractivity contribution in [2.45, 2.75) is 6.92 Å². The highest BCUT2D eigenvalue weighted by Gasteiger charge is 2.10. The topological polar surface area (TPSA) is 101 Å². The van der Waals surface area contributed by atoms with Crippen LogP contribution in [-0.4, -0.2) is 15.0 Å². The smallest absolute Gasteiger partial charge is 0.232 e. The zero-order chi connectivity index (χ0) is 16.9. The van der Waals surface area contributed by atoms with Gasteiger partial charge in [0.25, 0.3) is 0 Å². The molecule has 0 aliphatic heterocycles. The van der Waals surface area contributed by atoms with E-state index in [9.17, 15) is 5.26 Å². The largest absolute Gasteiger partial charge is 0.368 e. The van der Waals surface area contributed by atoms with Crippen LogP contribution in [0, 0.1) is 18.3 Å². The van der Waals surface area contributed by atoms with E-state index in [1.165, 1.54) is 4.88 Å². The summed E-state index contributed by atoms with van der Waals surface area (Å²) in [7, 11) is 0. The van der Waals surface area contributed by atoms with E-state index in [1.807, 2.05) is 49.4 Å². The Morgan fingerprint density at radius 1 is 1.17 bits per heavy atom. The minimum Gasteiger partial charge on any atom is -0.368 e. The predicted molar refractivity (Wildman–Crippen MR) is 96.5 cm³/mol. The van der Waals surface area contributed by atoms with Crippen LogP contribution in [0.3, 0.4) is 0 Å². The molecule has 1 aromatic carbocycles. The molecule has 0 spiro atoms. The van der Waals surface area contributed by atoms with Crippen LogP contribution in [0.25, 0.3) is 11.6 Å². The summed E-state index contributed by atoms with van der Waals surface area (Å²) in [6.07, 6.45) is 1.75. The van der Waals surface area contributed by atoms with Gasteiger partial charge in [-0.3, -0.25) is 0 Å². The second-order valence-electron chi connectivity index (χ2n) is 4.95. The summed E-state index contributed by atoms with van der Waals surface area (Å²) in [6, 6.07) is 15.5. The molecule has 6 nitrogen and oxygen atoms in total. The van der Waals surface area contributed by atoms with Crippen molar-refractivity contribution in [3.63, 3.8) is 0 Å². The number of aryl methyl sites for hydroxylation is 1. The Balaban J connectivity index is 1.95. The number of rotatable bonds is 4. The van der Waals surface area contributed by atoms with Crippen LogP contribution in [0.4, 0.5) is 17.6 Å². The Morgan fingerprint density at radius 2 is 1.96 bits per heavy atom. The number of nitrogen functional groups attached to an aromatic ring is 1. The number of allylic oxidation sites excluding steroid dienone is 1. The molecule has 0 amide bonds. The van der Waals surface area contributed by atoms with Gasteiger partial charge in [-0.25, -0.2) is 0 Å². The molecule has 0 atom stereocenters. The monoisotopic (exact) mass is 334 g/mol. The first kappa shape index (κ1) is 15.6. The van der Waals surface area contributed by atoms with E-state index in [0.717, 1.165) is 10.6 Å². The number of benzene rings is 1. The van der Waals surface area contributed by atoms with E-state index >= 15 is 0 Å². The molecule has 2 heterocycles. The third-order valence-corrected chi connectivity index (χ3v) is 4.04. The SMILES string of the molecule is Cc1ccc(C=C(C#N)c2nc(N)nc(Nc3ccccc3)n2)s1. The number of hydrogen-bond donors (Lipinski definition) is 2. The van der Waals surface area contributed by atoms with Crippen molar-refractivity contribution in [3.05, 3.63) is 58.0 Å². The third kappa shape index (κ3) is 3.74. The van der Waals surface area contributed by atoms with Gasteiger partial charge in [0.05, 0.1) is 5.57 Å². The lowest BCUT2D eigenvalue weighted by molar-refractivity contribution is 1.04. The van der Waals surface area contributed by atoms with Crippen molar-refractivity contribution < 1.29 is 0 Å². The van der Waals surface area contributed by atoms with Crippen LogP contribution < -0.4 is 11.1 Å². The Labute approximate surface area is 143 Å². The Bertz CT molecular complexity index is 924. The van der Waals surface area contributed by atoms with Crippen molar-refractivity contribution >= 4 is 40.6 Å². The molecule has 3 N–H and O–H groups in total. The molecule has 118 valence electrons. The molecule has 0 aliphatic carbocycles. The fraction of sp³-hybridized carbons (Fsp3) is 0.0588. The predicted octanol–water partition coefficient (Wildman–Crippen LogP) is 3.63. The zero-order valence-corrected chi connectivity index (χ0v) is 13.7. The van der Waals surface area contributed by atoms with Crippen molar-refractivity contribution in [2.75, 3.05) is 11.1 Å². The molecule has 0 bridgehead atoms. The molecular formula is C17H14N6S. The quantitative estimate of drug-likeness (QED) is 0.707. The first-order valence-electron chi connectivity index (χ1n) is 7.16. The lowest BCUT2D eigenvalue weighted by atomic mass is 10.2. The molecule has 24 heavy (non-hydrogen) atoms. The van der Waals surface area contributed by atoms with Gasteiger partial charge in [-0.15, -0.1) is 11.3 Å². The number of aromatic nitrogens is 3. The maximum atomic E-state index is 9.44. The summed E-state index contributed by atoms with van der Waals surface area (Å²) >= 11 is 1.59. The van der Waals surface area contributed by atoms with Gasteiger partial charge in [0.2, 0.25) is 11.9 Å². The Morgan fingerprint density at radius 3 is 2.62 bits per heavy atom. The number of nitriles is 1. The molecular weight excluding hydrogens is 320 g/mol. The summed E-state index contributed by atoms with van der Waals surface area (Å²) in [4.78, 5) is 14.6. The van der Waals surface area contributed by atoms with E-state index in [1.54, 1.807) is 17.4 Å².